The number of carbonyl (C=O) groups is 1. The average Bonchev–Trinajstić information content (AvgIpc) is 2.73. The first-order chi connectivity index (χ1) is 14.4. The van der Waals surface area contributed by atoms with Gasteiger partial charge in [-0.25, -0.2) is 0 Å². The van der Waals surface area contributed by atoms with Crippen LogP contribution in [0.4, 0.5) is 11.4 Å². The Balaban J connectivity index is 1.74. The van der Waals surface area contributed by atoms with E-state index < -0.39 is 0 Å². The molecule has 2 aromatic carbocycles. The number of amides is 1. The molecule has 30 heavy (non-hydrogen) atoms. The minimum atomic E-state index is -0.192. The van der Waals surface area contributed by atoms with Crippen LogP contribution < -0.4 is 19.7 Å². The summed E-state index contributed by atoms with van der Waals surface area (Å²) in [5, 5.41) is 2.99. The first-order valence-electron chi connectivity index (χ1n) is 10.3. The van der Waals surface area contributed by atoms with Crippen molar-refractivity contribution in [3.05, 3.63) is 45.9 Å². The van der Waals surface area contributed by atoms with Gasteiger partial charge in [0.05, 0.1) is 18.2 Å². The van der Waals surface area contributed by atoms with E-state index in [1.165, 1.54) is 5.69 Å². The summed E-state index contributed by atoms with van der Waals surface area (Å²) in [6.45, 7) is 8.87. The van der Waals surface area contributed by atoms with Crippen LogP contribution in [0.2, 0.25) is 0 Å². The van der Waals surface area contributed by atoms with Crippen molar-refractivity contribution >= 4 is 33.2 Å². The SMILES string of the molecule is CCCOc1c(Br)cc(C(=O)Nc2ccc(N3CCN(C)CC3)c(C)c2)cc1OC. The largest absolute Gasteiger partial charge is 0.493 e. The monoisotopic (exact) mass is 475 g/mol. The van der Waals surface area contributed by atoms with Crippen molar-refractivity contribution in [1.82, 2.24) is 4.90 Å². The second kappa shape index (κ2) is 10.2. The molecule has 1 N–H and O–H groups in total. The molecule has 3 rings (SSSR count). The van der Waals surface area contributed by atoms with Gasteiger partial charge in [-0.3, -0.25) is 4.79 Å². The van der Waals surface area contributed by atoms with Crippen molar-refractivity contribution in [2.75, 3.05) is 57.2 Å². The maximum Gasteiger partial charge on any atom is 0.255 e. The van der Waals surface area contributed by atoms with E-state index in [-0.39, 0.29) is 5.91 Å². The van der Waals surface area contributed by atoms with E-state index in [4.69, 9.17) is 9.47 Å². The number of hydrogen-bond acceptors (Lipinski definition) is 5. The van der Waals surface area contributed by atoms with Crippen LogP contribution in [0.25, 0.3) is 0 Å². The molecule has 1 aliphatic heterocycles. The predicted octanol–water partition coefficient (Wildman–Crippen LogP) is 4.56. The topological polar surface area (TPSA) is 54.0 Å². The first kappa shape index (κ1) is 22.4. The number of methoxy groups -OCH3 is 1. The van der Waals surface area contributed by atoms with Gasteiger partial charge in [-0.1, -0.05) is 6.92 Å². The third-order valence-corrected chi connectivity index (χ3v) is 5.83. The van der Waals surface area contributed by atoms with Gasteiger partial charge in [0.2, 0.25) is 0 Å². The van der Waals surface area contributed by atoms with Crippen molar-refractivity contribution in [2.45, 2.75) is 20.3 Å². The lowest BCUT2D eigenvalue weighted by molar-refractivity contribution is 0.102. The molecule has 6 nitrogen and oxygen atoms in total. The van der Waals surface area contributed by atoms with Gasteiger partial charge in [0.25, 0.3) is 5.91 Å². The van der Waals surface area contributed by atoms with Crippen LogP contribution in [0.1, 0.15) is 29.3 Å². The fourth-order valence-corrected chi connectivity index (χ4v) is 4.09. The highest BCUT2D eigenvalue weighted by molar-refractivity contribution is 9.10. The molecule has 1 heterocycles. The summed E-state index contributed by atoms with van der Waals surface area (Å²) in [6.07, 6.45) is 0.890. The number of ether oxygens (including phenoxy) is 2. The molecule has 0 aliphatic carbocycles. The Morgan fingerprint density at radius 1 is 1.17 bits per heavy atom. The number of aryl methyl sites for hydroxylation is 1. The summed E-state index contributed by atoms with van der Waals surface area (Å²) in [5.41, 5.74) is 3.66. The third-order valence-electron chi connectivity index (χ3n) is 5.24. The van der Waals surface area contributed by atoms with Crippen molar-refractivity contribution in [3.63, 3.8) is 0 Å². The van der Waals surface area contributed by atoms with Crippen molar-refractivity contribution in [2.24, 2.45) is 0 Å². The molecule has 1 amide bonds. The van der Waals surface area contributed by atoms with Gasteiger partial charge in [-0.15, -0.1) is 0 Å². The number of benzene rings is 2. The molecular weight excluding hydrogens is 446 g/mol. The molecule has 0 bridgehead atoms. The van der Waals surface area contributed by atoms with Crippen molar-refractivity contribution in [3.8, 4) is 11.5 Å². The average molecular weight is 476 g/mol. The maximum atomic E-state index is 12.8. The molecule has 1 aliphatic rings. The van der Waals surface area contributed by atoms with Crippen molar-refractivity contribution in [1.29, 1.82) is 0 Å². The van der Waals surface area contributed by atoms with Gasteiger partial charge < -0.3 is 24.6 Å². The number of anilines is 2. The Morgan fingerprint density at radius 3 is 2.53 bits per heavy atom. The highest BCUT2D eigenvalue weighted by atomic mass is 79.9. The van der Waals surface area contributed by atoms with Crippen LogP contribution in [0, 0.1) is 6.92 Å². The summed E-state index contributed by atoms with van der Waals surface area (Å²) < 4.78 is 11.9. The minimum absolute atomic E-state index is 0.192. The number of carbonyl (C=O) groups excluding carboxylic acids is 1. The Kier molecular flexibility index (Phi) is 7.61. The van der Waals surface area contributed by atoms with Crippen LogP contribution >= 0.6 is 15.9 Å². The van der Waals surface area contributed by atoms with E-state index in [9.17, 15) is 4.79 Å². The zero-order valence-corrected chi connectivity index (χ0v) is 19.7. The van der Waals surface area contributed by atoms with Gasteiger partial charge in [0, 0.05) is 43.1 Å². The first-order valence-corrected chi connectivity index (χ1v) is 11.1. The van der Waals surface area contributed by atoms with Crippen molar-refractivity contribution < 1.29 is 14.3 Å². The fourth-order valence-electron chi connectivity index (χ4n) is 3.53. The van der Waals surface area contributed by atoms with E-state index in [0.717, 1.165) is 43.9 Å². The lowest BCUT2D eigenvalue weighted by Gasteiger charge is -2.35. The lowest BCUT2D eigenvalue weighted by Crippen LogP contribution is -2.44. The van der Waals surface area contributed by atoms with E-state index in [1.54, 1.807) is 19.2 Å². The van der Waals surface area contributed by atoms with Gasteiger partial charge in [0.1, 0.15) is 0 Å². The fraction of sp³-hybridized carbons (Fsp3) is 0.435. The molecule has 7 heteroatoms. The van der Waals surface area contributed by atoms with Crippen LogP contribution in [-0.2, 0) is 0 Å². The number of rotatable bonds is 7. The summed E-state index contributed by atoms with van der Waals surface area (Å²) in [6, 6.07) is 9.54. The molecule has 0 aromatic heterocycles. The Labute approximate surface area is 187 Å². The molecule has 0 unspecified atom stereocenters. The molecule has 162 valence electrons. The molecule has 1 fully saturated rings. The normalized spacial score (nSPS) is 14.5. The van der Waals surface area contributed by atoms with E-state index in [2.05, 4.69) is 51.1 Å². The van der Waals surface area contributed by atoms with E-state index >= 15 is 0 Å². The summed E-state index contributed by atoms with van der Waals surface area (Å²) in [7, 11) is 3.72. The highest BCUT2D eigenvalue weighted by Crippen LogP contribution is 2.37. The molecule has 0 spiro atoms. The quantitative estimate of drug-likeness (QED) is 0.635. The summed E-state index contributed by atoms with van der Waals surface area (Å²) in [5.74, 6) is 0.954. The molecule has 0 saturated carbocycles. The zero-order chi connectivity index (χ0) is 21.7. The van der Waals surface area contributed by atoms with Gasteiger partial charge in [-0.2, -0.15) is 0 Å². The molecule has 1 saturated heterocycles. The lowest BCUT2D eigenvalue weighted by atomic mass is 10.1. The van der Waals surface area contributed by atoms with Crippen LogP contribution in [0.5, 0.6) is 11.5 Å². The molecule has 0 radical (unpaired) electrons. The Morgan fingerprint density at radius 2 is 1.90 bits per heavy atom. The zero-order valence-electron chi connectivity index (χ0n) is 18.1. The van der Waals surface area contributed by atoms with E-state index in [1.807, 2.05) is 19.1 Å². The molecular formula is C23H30BrN3O3. The second-order valence-corrected chi connectivity index (χ2v) is 8.44. The summed E-state index contributed by atoms with van der Waals surface area (Å²) in [4.78, 5) is 17.6. The Bertz CT molecular complexity index is 896. The highest BCUT2D eigenvalue weighted by Gasteiger charge is 2.18. The Hall–Kier alpha value is -2.25. The maximum absolute atomic E-state index is 12.8. The number of nitrogens with one attached hydrogen (secondary N) is 1. The summed E-state index contributed by atoms with van der Waals surface area (Å²) >= 11 is 3.50. The number of likely N-dealkylation sites (N-methyl/N-ethyl adjacent to an activating group) is 1. The van der Waals surface area contributed by atoms with Gasteiger partial charge in [-0.05, 0) is 72.2 Å². The van der Waals surface area contributed by atoms with E-state index in [0.29, 0.717) is 28.1 Å². The minimum Gasteiger partial charge on any atom is -0.493 e. The number of nitrogens with zero attached hydrogens (tertiary/aromatic N) is 2. The second-order valence-electron chi connectivity index (χ2n) is 7.58. The molecule has 0 atom stereocenters. The smallest absolute Gasteiger partial charge is 0.255 e. The third kappa shape index (κ3) is 5.26. The predicted molar refractivity (Wildman–Crippen MR) is 125 cm³/mol. The standard InChI is InChI=1S/C23H30BrN3O3/c1-5-12-30-22-19(24)14-17(15-21(22)29-4)23(28)25-18-6-7-20(16(2)13-18)27-10-8-26(3)9-11-27/h6-7,13-15H,5,8-12H2,1-4H3,(H,25,28). The van der Waals surface area contributed by atoms with Gasteiger partial charge in [0.15, 0.2) is 11.5 Å². The number of piperazine rings is 1. The van der Waals surface area contributed by atoms with Crippen LogP contribution in [0.15, 0.2) is 34.8 Å². The van der Waals surface area contributed by atoms with Crippen LogP contribution in [-0.4, -0.2) is 57.8 Å². The number of halogens is 1. The molecule has 2 aromatic rings. The van der Waals surface area contributed by atoms with Crippen LogP contribution in [0.3, 0.4) is 0 Å². The number of hydrogen-bond donors (Lipinski definition) is 1. The van der Waals surface area contributed by atoms with Gasteiger partial charge >= 0.3 is 0 Å².